The molecule has 0 bridgehead atoms. The Balaban J connectivity index is 1.44. The second-order valence-corrected chi connectivity index (χ2v) is 9.74. The molecule has 37 heavy (non-hydrogen) atoms. The number of piperidine rings is 2. The van der Waals surface area contributed by atoms with Crippen molar-refractivity contribution in [2.75, 3.05) is 26.2 Å². The zero-order valence-corrected chi connectivity index (χ0v) is 20.0. The van der Waals surface area contributed by atoms with E-state index in [9.17, 15) is 27.5 Å². The van der Waals surface area contributed by atoms with Crippen LogP contribution in [0.25, 0.3) is 11.3 Å². The summed E-state index contributed by atoms with van der Waals surface area (Å²) < 4.78 is 59.7. The first kappa shape index (κ1) is 25.3. The van der Waals surface area contributed by atoms with Crippen molar-refractivity contribution >= 4 is 6.03 Å². The number of nitrogens with zero attached hydrogens (tertiary/aromatic N) is 3. The third-order valence-electron chi connectivity index (χ3n) is 7.13. The fourth-order valence-electron chi connectivity index (χ4n) is 5.16. The largest absolute Gasteiger partial charge is 0.448 e. The molecular formula is C27H27F4N3O3. The summed E-state index contributed by atoms with van der Waals surface area (Å²) in [5.41, 5.74) is 0.737. The van der Waals surface area contributed by atoms with Crippen LogP contribution in [0.2, 0.25) is 0 Å². The molecule has 0 aliphatic carbocycles. The summed E-state index contributed by atoms with van der Waals surface area (Å²) in [6.07, 6.45) is -2.09. The highest BCUT2D eigenvalue weighted by molar-refractivity contribution is 5.75. The summed E-state index contributed by atoms with van der Waals surface area (Å²) in [4.78, 5) is 21.3. The van der Waals surface area contributed by atoms with Gasteiger partial charge in [0.1, 0.15) is 17.8 Å². The van der Waals surface area contributed by atoms with Crippen LogP contribution in [0, 0.1) is 5.82 Å². The fourth-order valence-corrected chi connectivity index (χ4v) is 5.16. The van der Waals surface area contributed by atoms with Crippen molar-refractivity contribution in [3.05, 3.63) is 77.6 Å². The minimum atomic E-state index is -4.48. The molecule has 10 heteroatoms. The normalized spacial score (nSPS) is 21.3. The summed E-state index contributed by atoms with van der Waals surface area (Å²) in [6.45, 7) is 1.37. The maximum atomic E-state index is 13.7. The molecule has 3 heterocycles. The first-order chi connectivity index (χ1) is 17.7. The average molecular weight is 518 g/mol. The molecule has 0 saturated carbocycles. The van der Waals surface area contributed by atoms with Gasteiger partial charge in [-0.15, -0.1) is 0 Å². The van der Waals surface area contributed by atoms with Gasteiger partial charge in [0, 0.05) is 37.7 Å². The molecule has 2 aromatic carbocycles. The number of carbonyl (C=O) groups is 1. The number of likely N-dealkylation sites (tertiary alicyclic amines) is 2. The molecule has 2 unspecified atom stereocenters. The number of amides is 2. The van der Waals surface area contributed by atoms with Crippen LogP contribution in [0.1, 0.15) is 48.1 Å². The number of rotatable bonds is 3. The SMILES string of the molecule is O=C(N1CCC(O)CC1)N1CC(c2cccc(C(F)(F)F)c2)CC(c2nc(-c3cccc(F)c3)co2)C1. The minimum absolute atomic E-state index is 0.217. The van der Waals surface area contributed by atoms with Gasteiger partial charge in [-0.05, 0) is 43.0 Å². The van der Waals surface area contributed by atoms with Gasteiger partial charge in [-0.1, -0.05) is 30.3 Å². The van der Waals surface area contributed by atoms with Gasteiger partial charge < -0.3 is 19.3 Å². The summed E-state index contributed by atoms with van der Waals surface area (Å²) in [6, 6.07) is 10.9. The van der Waals surface area contributed by atoms with E-state index in [1.165, 1.54) is 24.5 Å². The number of urea groups is 1. The lowest BCUT2D eigenvalue weighted by Gasteiger charge is -2.41. The summed E-state index contributed by atoms with van der Waals surface area (Å²) in [5, 5.41) is 9.82. The van der Waals surface area contributed by atoms with Gasteiger partial charge in [-0.2, -0.15) is 13.2 Å². The Kier molecular flexibility index (Phi) is 6.94. The molecular weight excluding hydrogens is 490 g/mol. The van der Waals surface area contributed by atoms with Crippen molar-refractivity contribution in [1.82, 2.24) is 14.8 Å². The van der Waals surface area contributed by atoms with Crippen molar-refractivity contribution in [3.63, 3.8) is 0 Å². The molecule has 3 aromatic rings. The van der Waals surface area contributed by atoms with Gasteiger partial charge in [0.15, 0.2) is 5.89 Å². The number of benzene rings is 2. The third kappa shape index (κ3) is 5.64. The van der Waals surface area contributed by atoms with Gasteiger partial charge in [-0.25, -0.2) is 14.2 Å². The third-order valence-corrected chi connectivity index (χ3v) is 7.13. The van der Waals surface area contributed by atoms with E-state index in [0.717, 1.165) is 12.1 Å². The molecule has 2 fully saturated rings. The van der Waals surface area contributed by atoms with Crippen LogP contribution in [0.5, 0.6) is 0 Å². The number of hydrogen-bond acceptors (Lipinski definition) is 4. The number of halogens is 4. The maximum absolute atomic E-state index is 13.7. The first-order valence-corrected chi connectivity index (χ1v) is 12.3. The number of aliphatic hydroxyl groups excluding tert-OH is 1. The van der Waals surface area contributed by atoms with E-state index in [1.807, 2.05) is 0 Å². The minimum Gasteiger partial charge on any atom is -0.448 e. The quantitative estimate of drug-likeness (QED) is 0.456. The Hall–Kier alpha value is -3.40. The highest BCUT2D eigenvalue weighted by Gasteiger charge is 2.38. The lowest BCUT2D eigenvalue weighted by molar-refractivity contribution is -0.137. The molecule has 1 N–H and O–H groups in total. The Bertz CT molecular complexity index is 1250. The second kappa shape index (κ2) is 10.2. The van der Waals surface area contributed by atoms with Crippen molar-refractivity contribution < 1.29 is 31.9 Å². The van der Waals surface area contributed by atoms with Gasteiger partial charge in [0.05, 0.1) is 17.6 Å². The zero-order valence-electron chi connectivity index (χ0n) is 20.0. The van der Waals surface area contributed by atoms with E-state index < -0.39 is 23.7 Å². The van der Waals surface area contributed by atoms with E-state index in [4.69, 9.17) is 4.42 Å². The van der Waals surface area contributed by atoms with E-state index in [-0.39, 0.29) is 31.0 Å². The highest BCUT2D eigenvalue weighted by atomic mass is 19.4. The number of aliphatic hydroxyl groups is 1. The molecule has 2 atom stereocenters. The number of carbonyl (C=O) groups excluding carboxylic acids is 1. The van der Waals surface area contributed by atoms with Gasteiger partial charge in [0.25, 0.3) is 0 Å². The zero-order chi connectivity index (χ0) is 26.2. The molecule has 5 rings (SSSR count). The van der Waals surface area contributed by atoms with Gasteiger partial charge in [0.2, 0.25) is 0 Å². The van der Waals surface area contributed by atoms with Crippen LogP contribution in [-0.2, 0) is 6.18 Å². The molecule has 0 spiro atoms. The molecule has 6 nitrogen and oxygen atoms in total. The topological polar surface area (TPSA) is 69.8 Å². The van der Waals surface area contributed by atoms with Crippen molar-refractivity contribution in [3.8, 4) is 11.3 Å². The number of alkyl halides is 3. The lowest BCUT2D eigenvalue weighted by Crippen LogP contribution is -2.51. The number of aromatic nitrogens is 1. The predicted molar refractivity (Wildman–Crippen MR) is 127 cm³/mol. The van der Waals surface area contributed by atoms with E-state index in [0.29, 0.717) is 55.1 Å². The summed E-state index contributed by atoms with van der Waals surface area (Å²) >= 11 is 0. The van der Waals surface area contributed by atoms with E-state index >= 15 is 0 Å². The second-order valence-electron chi connectivity index (χ2n) is 9.74. The molecule has 2 amide bonds. The Morgan fingerprint density at radius 3 is 2.46 bits per heavy atom. The smallest absolute Gasteiger partial charge is 0.416 e. The molecule has 1 aromatic heterocycles. The van der Waals surface area contributed by atoms with Crippen molar-refractivity contribution in [1.29, 1.82) is 0 Å². The lowest BCUT2D eigenvalue weighted by atomic mass is 9.84. The Morgan fingerprint density at radius 2 is 1.73 bits per heavy atom. The maximum Gasteiger partial charge on any atom is 0.416 e. The van der Waals surface area contributed by atoms with Crippen LogP contribution in [-0.4, -0.2) is 58.2 Å². The summed E-state index contributed by atoms with van der Waals surface area (Å²) in [7, 11) is 0. The first-order valence-electron chi connectivity index (χ1n) is 12.3. The van der Waals surface area contributed by atoms with Crippen molar-refractivity contribution in [2.45, 2.75) is 43.4 Å². The van der Waals surface area contributed by atoms with E-state index in [1.54, 1.807) is 28.0 Å². The molecule has 2 aliphatic rings. The molecule has 2 aliphatic heterocycles. The van der Waals surface area contributed by atoms with E-state index in [2.05, 4.69) is 4.98 Å². The van der Waals surface area contributed by atoms with Crippen LogP contribution in [0.15, 0.2) is 59.2 Å². The number of oxazole rings is 1. The van der Waals surface area contributed by atoms with Gasteiger partial charge in [-0.3, -0.25) is 0 Å². The van der Waals surface area contributed by atoms with Crippen LogP contribution < -0.4 is 0 Å². The van der Waals surface area contributed by atoms with Crippen LogP contribution in [0.4, 0.5) is 22.4 Å². The highest BCUT2D eigenvalue weighted by Crippen LogP contribution is 2.39. The van der Waals surface area contributed by atoms with Crippen LogP contribution in [0.3, 0.4) is 0 Å². The summed E-state index contributed by atoms with van der Waals surface area (Å²) in [5.74, 6) is -0.796. The fraction of sp³-hybridized carbons (Fsp3) is 0.407. The predicted octanol–water partition coefficient (Wildman–Crippen LogP) is 5.65. The molecule has 2 saturated heterocycles. The van der Waals surface area contributed by atoms with Crippen LogP contribution >= 0.6 is 0 Å². The Morgan fingerprint density at radius 1 is 1.00 bits per heavy atom. The molecule has 0 radical (unpaired) electrons. The van der Waals surface area contributed by atoms with Gasteiger partial charge >= 0.3 is 12.2 Å². The standard InChI is InChI=1S/C27H27F4N3O3/c28-22-6-2-4-18(13-22)24-16-37-25(32-24)20-11-19(17-3-1-5-21(12-17)27(29,30)31)14-34(15-20)26(36)33-9-7-23(35)8-10-33/h1-6,12-13,16,19-20,23,35H,7-11,14-15H2. The average Bonchev–Trinajstić information content (AvgIpc) is 3.39. The number of hydrogen-bond donors (Lipinski definition) is 1. The Labute approximate surface area is 211 Å². The van der Waals surface area contributed by atoms with Crippen molar-refractivity contribution in [2.24, 2.45) is 0 Å². The monoisotopic (exact) mass is 517 g/mol. The molecule has 196 valence electrons.